The minimum absolute atomic E-state index is 0.000439. The SMILES string of the molecule is CCc1ccc2cc(C(=O)CC[C@](C)(O)c3cc4c(c(-c5ccc(F)cc5)n3)OC[C@]4(C)C(N)=O)cc(O)c2n1. The number of carbonyl (C=O) groups excluding carboxylic acids is 2. The van der Waals surface area contributed by atoms with Crippen molar-refractivity contribution in [1.82, 2.24) is 9.97 Å². The van der Waals surface area contributed by atoms with Crippen molar-refractivity contribution in [1.29, 1.82) is 0 Å². The van der Waals surface area contributed by atoms with Crippen molar-refractivity contribution in [3.8, 4) is 22.8 Å². The summed E-state index contributed by atoms with van der Waals surface area (Å²) in [6.45, 7) is 5.16. The Morgan fingerprint density at radius 2 is 1.85 bits per heavy atom. The summed E-state index contributed by atoms with van der Waals surface area (Å²) in [5, 5.41) is 22.7. The van der Waals surface area contributed by atoms with Gasteiger partial charge < -0.3 is 20.7 Å². The van der Waals surface area contributed by atoms with E-state index in [-0.39, 0.29) is 36.7 Å². The van der Waals surface area contributed by atoms with Crippen LogP contribution in [0, 0.1) is 5.82 Å². The van der Waals surface area contributed by atoms with Gasteiger partial charge in [0.15, 0.2) is 5.78 Å². The van der Waals surface area contributed by atoms with Crippen LogP contribution in [-0.4, -0.2) is 38.5 Å². The first-order valence-electron chi connectivity index (χ1n) is 13.1. The minimum atomic E-state index is -1.59. The number of halogens is 1. The molecular formula is C31H30FN3O5. The van der Waals surface area contributed by atoms with Crippen LogP contribution in [0.4, 0.5) is 4.39 Å². The van der Waals surface area contributed by atoms with Gasteiger partial charge in [-0.2, -0.15) is 0 Å². The van der Waals surface area contributed by atoms with Crippen molar-refractivity contribution < 1.29 is 28.9 Å². The van der Waals surface area contributed by atoms with Crippen molar-refractivity contribution in [3.05, 3.63) is 82.9 Å². The molecule has 2 aromatic heterocycles. The van der Waals surface area contributed by atoms with Crippen LogP contribution in [0.2, 0.25) is 0 Å². The number of carbonyl (C=O) groups is 2. The van der Waals surface area contributed by atoms with Crippen LogP contribution in [0.5, 0.6) is 11.5 Å². The Morgan fingerprint density at radius 1 is 1.12 bits per heavy atom. The maximum atomic E-state index is 13.6. The Kier molecular flexibility index (Phi) is 6.79. The quantitative estimate of drug-likeness (QED) is 0.274. The number of nitrogens with two attached hydrogens (primary N) is 1. The standard InChI is InChI=1S/C31H30FN3O5/c1-4-21-10-7-18-13-19(14-24(37)26(18)34-21)23(36)11-12-31(3,39)25-15-22-28(40-16-30(22,2)29(33)38)27(35-25)17-5-8-20(32)9-6-17/h5-10,13-15,37,39H,4,11-12,16H2,1-3H3,(H2,33,38)/t30-,31-/m0/s1. The highest BCUT2D eigenvalue weighted by molar-refractivity contribution is 6.01. The summed E-state index contributed by atoms with van der Waals surface area (Å²) < 4.78 is 19.5. The lowest BCUT2D eigenvalue weighted by molar-refractivity contribution is -0.123. The minimum Gasteiger partial charge on any atom is -0.506 e. The topological polar surface area (TPSA) is 136 Å². The summed E-state index contributed by atoms with van der Waals surface area (Å²) in [6.07, 6.45) is 0.669. The summed E-state index contributed by atoms with van der Waals surface area (Å²) in [7, 11) is 0. The number of aryl methyl sites for hydroxylation is 1. The highest BCUT2D eigenvalue weighted by Gasteiger charge is 2.45. The maximum absolute atomic E-state index is 13.6. The summed E-state index contributed by atoms with van der Waals surface area (Å²) in [5.41, 5.74) is 6.09. The number of aromatic nitrogens is 2. The summed E-state index contributed by atoms with van der Waals surface area (Å²) in [5.74, 6) is -1.04. The molecule has 40 heavy (non-hydrogen) atoms. The van der Waals surface area contributed by atoms with E-state index in [2.05, 4.69) is 9.97 Å². The van der Waals surface area contributed by atoms with Gasteiger partial charge in [-0.3, -0.25) is 9.59 Å². The Balaban J connectivity index is 1.47. The number of phenols is 1. The number of primary amides is 1. The first-order valence-corrected chi connectivity index (χ1v) is 13.1. The molecule has 9 heteroatoms. The number of rotatable bonds is 8. The maximum Gasteiger partial charge on any atom is 0.231 e. The first-order chi connectivity index (χ1) is 18.9. The molecule has 4 aromatic rings. The molecule has 0 spiro atoms. The number of aromatic hydroxyl groups is 1. The number of ether oxygens (including phenoxy) is 1. The van der Waals surface area contributed by atoms with E-state index in [4.69, 9.17) is 10.5 Å². The van der Waals surface area contributed by atoms with Crippen LogP contribution in [0.1, 0.15) is 60.9 Å². The van der Waals surface area contributed by atoms with Crippen LogP contribution in [0.15, 0.2) is 54.6 Å². The number of nitrogens with zero attached hydrogens (tertiary/aromatic N) is 2. The monoisotopic (exact) mass is 543 g/mol. The van der Waals surface area contributed by atoms with Crippen molar-refractivity contribution in [2.75, 3.05) is 6.61 Å². The fourth-order valence-electron chi connectivity index (χ4n) is 4.91. The molecule has 4 N–H and O–H groups in total. The average Bonchev–Trinajstić information content (AvgIpc) is 3.29. The fourth-order valence-corrected chi connectivity index (χ4v) is 4.91. The van der Waals surface area contributed by atoms with Crippen molar-refractivity contribution in [2.24, 2.45) is 5.73 Å². The number of pyridine rings is 2. The fraction of sp³-hybridized carbons (Fsp3) is 0.290. The van der Waals surface area contributed by atoms with Gasteiger partial charge >= 0.3 is 0 Å². The second kappa shape index (κ2) is 9.98. The molecule has 0 bridgehead atoms. The lowest BCUT2D eigenvalue weighted by atomic mass is 9.81. The molecule has 2 aromatic carbocycles. The lowest BCUT2D eigenvalue weighted by Crippen LogP contribution is -2.40. The second-order valence-corrected chi connectivity index (χ2v) is 10.6. The van der Waals surface area contributed by atoms with E-state index in [1.807, 2.05) is 19.1 Å². The van der Waals surface area contributed by atoms with Crippen LogP contribution in [0.25, 0.3) is 22.2 Å². The van der Waals surface area contributed by atoms with E-state index in [0.29, 0.717) is 39.0 Å². The van der Waals surface area contributed by atoms with E-state index in [1.54, 1.807) is 19.1 Å². The Labute approximate surface area is 230 Å². The molecule has 0 radical (unpaired) electrons. The van der Waals surface area contributed by atoms with Crippen LogP contribution in [-0.2, 0) is 22.2 Å². The van der Waals surface area contributed by atoms with Crippen LogP contribution < -0.4 is 10.5 Å². The van der Waals surface area contributed by atoms with E-state index in [9.17, 15) is 24.2 Å². The molecule has 206 valence electrons. The highest BCUT2D eigenvalue weighted by Crippen LogP contribution is 2.46. The molecule has 0 aliphatic carbocycles. The first kappa shape index (κ1) is 27.2. The Hall–Kier alpha value is -4.37. The van der Waals surface area contributed by atoms with Gasteiger partial charge in [0.1, 0.15) is 46.1 Å². The molecule has 3 heterocycles. The van der Waals surface area contributed by atoms with Crippen LogP contribution in [0.3, 0.4) is 0 Å². The van der Waals surface area contributed by atoms with Gasteiger partial charge in [-0.15, -0.1) is 0 Å². The Morgan fingerprint density at radius 3 is 2.52 bits per heavy atom. The van der Waals surface area contributed by atoms with Gasteiger partial charge in [0.2, 0.25) is 5.91 Å². The predicted octanol–water partition coefficient (Wildman–Crippen LogP) is 4.71. The number of Topliss-reactive ketones (excluding diaryl/α,β-unsaturated/α-hetero) is 1. The van der Waals surface area contributed by atoms with E-state index in [1.165, 1.54) is 37.3 Å². The number of hydrogen-bond acceptors (Lipinski definition) is 7. The lowest BCUT2D eigenvalue weighted by Gasteiger charge is -2.26. The average molecular weight is 544 g/mol. The summed E-state index contributed by atoms with van der Waals surface area (Å²) >= 11 is 0. The van der Waals surface area contributed by atoms with Gasteiger partial charge in [0, 0.05) is 34.2 Å². The molecule has 1 aliphatic heterocycles. The third kappa shape index (κ3) is 4.77. The van der Waals surface area contributed by atoms with Crippen molar-refractivity contribution in [3.63, 3.8) is 0 Å². The van der Waals surface area contributed by atoms with Gasteiger partial charge in [0.25, 0.3) is 0 Å². The van der Waals surface area contributed by atoms with Crippen LogP contribution >= 0.6 is 0 Å². The molecule has 8 nitrogen and oxygen atoms in total. The number of aliphatic hydroxyl groups is 1. The molecule has 1 aliphatic rings. The Bertz CT molecular complexity index is 1650. The molecule has 0 saturated carbocycles. The second-order valence-electron chi connectivity index (χ2n) is 10.6. The van der Waals surface area contributed by atoms with E-state index < -0.39 is 22.7 Å². The van der Waals surface area contributed by atoms with Crippen molar-refractivity contribution >= 4 is 22.6 Å². The smallest absolute Gasteiger partial charge is 0.231 e. The van der Waals surface area contributed by atoms with E-state index >= 15 is 0 Å². The molecule has 0 unspecified atom stereocenters. The molecule has 5 rings (SSSR count). The van der Waals surface area contributed by atoms with Gasteiger partial charge in [-0.1, -0.05) is 13.0 Å². The van der Waals surface area contributed by atoms with Gasteiger partial charge in [-0.05, 0) is 75.2 Å². The third-order valence-corrected chi connectivity index (χ3v) is 7.64. The van der Waals surface area contributed by atoms with Gasteiger partial charge in [-0.25, -0.2) is 14.4 Å². The third-order valence-electron chi connectivity index (χ3n) is 7.64. The van der Waals surface area contributed by atoms with Crippen molar-refractivity contribution in [2.45, 2.75) is 51.0 Å². The molecular weight excluding hydrogens is 513 g/mol. The number of ketones is 1. The number of amides is 1. The molecule has 0 saturated heterocycles. The zero-order valence-corrected chi connectivity index (χ0v) is 22.5. The molecule has 0 fully saturated rings. The predicted molar refractivity (Wildman–Crippen MR) is 148 cm³/mol. The molecule has 1 amide bonds. The zero-order valence-electron chi connectivity index (χ0n) is 22.5. The zero-order chi connectivity index (χ0) is 28.8. The number of benzene rings is 2. The number of hydrogen-bond donors (Lipinski definition) is 3. The molecule has 2 atom stereocenters. The summed E-state index contributed by atoms with van der Waals surface area (Å²) in [6, 6.07) is 14.0. The van der Waals surface area contributed by atoms with Gasteiger partial charge in [0.05, 0.1) is 5.69 Å². The van der Waals surface area contributed by atoms with E-state index in [0.717, 1.165) is 12.1 Å². The largest absolute Gasteiger partial charge is 0.506 e. The normalized spacial score (nSPS) is 17.7. The highest BCUT2D eigenvalue weighted by atomic mass is 19.1. The summed E-state index contributed by atoms with van der Waals surface area (Å²) in [4.78, 5) is 34.7. The number of phenolic OH excluding ortho intramolecular Hbond substituents is 1. The number of fused-ring (bicyclic) bond motifs is 2.